The van der Waals surface area contributed by atoms with Crippen molar-refractivity contribution in [3.05, 3.63) is 0 Å². The van der Waals surface area contributed by atoms with Gasteiger partial charge in [0.2, 0.25) is 0 Å². The average Bonchev–Trinajstić information content (AvgIpc) is 2.02. The third-order valence-electron chi connectivity index (χ3n) is 6.62. The molecule has 1 heteroatoms. The third-order valence-corrected chi connectivity index (χ3v) is 7.55. The Bertz CT molecular complexity index is 298. The first-order chi connectivity index (χ1) is 6.33. The van der Waals surface area contributed by atoms with Gasteiger partial charge >= 0.3 is 0 Å². The molecule has 5 aliphatic rings. The predicted molar refractivity (Wildman–Crippen MR) is 54.6 cm³/mol. The third kappa shape index (κ3) is 0.417. The molecule has 0 heterocycles. The lowest BCUT2D eigenvalue weighted by atomic mass is 9.20. The fraction of sp³-hybridized carbons (Fsp3) is 1.00. The molecule has 0 bridgehead atoms. The van der Waals surface area contributed by atoms with Gasteiger partial charge < -0.3 is 0 Å². The molecular formula is C12H16S. The number of thiol groups is 1. The number of rotatable bonds is 0. The molecule has 0 radical (unpaired) electrons. The van der Waals surface area contributed by atoms with Gasteiger partial charge in [-0.25, -0.2) is 0 Å². The van der Waals surface area contributed by atoms with E-state index in [1.54, 1.807) is 19.3 Å². The molecule has 70 valence electrons. The quantitative estimate of drug-likeness (QED) is 0.442. The summed E-state index contributed by atoms with van der Waals surface area (Å²) in [6.45, 7) is 0. The van der Waals surface area contributed by atoms with E-state index >= 15 is 0 Å². The molecule has 8 atom stereocenters. The summed E-state index contributed by atoms with van der Waals surface area (Å²) in [7, 11) is 0. The molecular weight excluding hydrogens is 176 g/mol. The Kier molecular flexibility index (Phi) is 0.842. The summed E-state index contributed by atoms with van der Waals surface area (Å²) in [5.74, 6) is 7.95. The molecule has 0 nitrogen and oxygen atoms in total. The Morgan fingerprint density at radius 2 is 1.54 bits per heavy atom. The number of hydrogen-bond acceptors (Lipinski definition) is 1. The molecule has 0 aromatic carbocycles. The lowest BCUT2D eigenvalue weighted by Gasteiger charge is -2.88. The van der Waals surface area contributed by atoms with Gasteiger partial charge in [0.05, 0.1) is 0 Å². The van der Waals surface area contributed by atoms with Gasteiger partial charge in [0.25, 0.3) is 0 Å². The summed E-state index contributed by atoms with van der Waals surface area (Å²) in [5.41, 5.74) is 0. The van der Waals surface area contributed by atoms with Crippen LogP contribution in [-0.2, 0) is 0 Å². The van der Waals surface area contributed by atoms with Crippen LogP contribution in [0.2, 0.25) is 0 Å². The van der Waals surface area contributed by atoms with Crippen LogP contribution in [0.15, 0.2) is 0 Å². The fourth-order valence-corrected chi connectivity index (χ4v) is 7.02. The largest absolute Gasteiger partial charge is 0.172 e. The van der Waals surface area contributed by atoms with Crippen molar-refractivity contribution in [1.29, 1.82) is 0 Å². The van der Waals surface area contributed by atoms with Crippen LogP contribution in [0.1, 0.15) is 25.7 Å². The average molecular weight is 192 g/mol. The molecule has 5 rings (SSSR count). The van der Waals surface area contributed by atoms with Crippen molar-refractivity contribution < 1.29 is 0 Å². The Hall–Kier alpha value is 0.350. The van der Waals surface area contributed by atoms with Gasteiger partial charge in [-0.15, -0.1) is 0 Å². The summed E-state index contributed by atoms with van der Waals surface area (Å²) in [5, 5.41) is 0. The van der Waals surface area contributed by atoms with Crippen LogP contribution in [0.5, 0.6) is 0 Å². The fourth-order valence-electron chi connectivity index (χ4n) is 5.97. The van der Waals surface area contributed by atoms with Crippen molar-refractivity contribution in [3.63, 3.8) is 0 Å². The van der Waals surface area contributed by atoms with Gasteiger partial charge in [0.1, 0.15) is 0 Å². The van der Waals surface area contributed by atoms with E-state index in [1.807, 2.05) is 0 Å². The van der Waals surface area contributed by atoms with E-state index in [4.69, 9.17) is 12.6 Å². The van der Waals surface area contributed by atoms with E-state index < -0.39 is 0 Å². The molecule has 13 heavy (non-hydrogen) atoms. The van der Waals surface area contributed by atoms with Gasteiger partial charge in [-0.05, 0) is 67.1 Å². The SMILES string of the molecule is S[C@@]12C3CCC3C1C1C3CCC3C12. The first kappa shape index (κ1) is 6.76. The lowest BCUT2D eigenvalue weighted by Crippen LogP contribution is -2.87. The van der Waals surface area contributed by atoms with Crippen molar-refractivity contribution in [2.45, 2.75) is 30.4 Å². The minimum absolute atomic E-state index is 0.592. The molecule has 5 fully saturated rings. The standard InChI is InChI=1S/C12H16S/c13-12-8-4-3-7(8)11(12)9-5-1-2-6(5)10(9)12/h5-11,13H,1-4H2/t5?,6?,7?,8?,9?,10?,11?,12-/m1/s1. The highest BCUT2D eigenvalue weighted by Crippen LogP contribution is 2.86. The zero-order valence-electron chi connectivity index (χ0n) is 7.82. The zero-order valence-corrected chi connectivity index (χ0v) is 8.71. The Labute approximate surface area is 84.9 Å². The summed E-state index contributed by atoms with van der Waals surface area (Å²) in [4.78, 5) is 0. The highest BCUT2D eigenvalue weighted by atomic mass is 32.1. The Morgan fingerprint density at radius 3 is 2.15 bits per heavy atom. The molecule has 0 N–H and O–H groups in total. The number of fused-ring (bicyclic) bond motifs is 10. The van der Waals surface area contributed by atoms with Crippen molar-refractivity contribution in [2.24, 2.45) is 41.4 Å². The maximum atomic E-state index is 5.07. The highest BCUT2D eigenvalue weighted by molar-refractivity contribution is 7.82. The predicted octanol–water partition coefficient (Wildman–Crippen LogP) is 2.60. The summed E-state index contributed by atoms with van der Waals surface area (Å²) in [6.07, 6.45) is 6.20. The molecule has 5 aliphatic carbocycles. The van der Waals surface area contributed by atoms with Crippen molar-refractivity contribution in [3.8, 4) is 0 Å². The van der Waals surface area contributed by atoms with Crippen LogP contribution in [-0.4, -0.2) is 4.75 Å². The minimum Gasteiger partial charge on any atom is -0.172 e. The second-order valence-corrected chi connectivity index (χ2v) is 7.04. The first-order valence-corrected chi connectivity index (χ1v) is 6.50. The maximum absolute atomic E-state index is 5.07. The molecule has 7 unspecified atom stereocenters. The van der Waals surface area contributed by atoms with Crippen LogP contribution in [0.4, 0.5) is 0 Å². The minimum atomic E-state index is 0.592. The van der Waals surface area contributed by atoms with Gasteiger partial charge in [-0.1, -0.05) is 0 Å². The molecule has 0 aromatic rings. The van der Waals surface area contributed by atoms with Crippen LogP contribution in [0.25, 0.3) is 0 Å². The highest BCUT2D eigenvalue weighted by Gasteiger charge is 2.84. The van der Waals surface area contributed by atoms with Gasteiger partial charge in [0, 0.05) is 4.75 Å². The monoisotopic (exact) mass is 192 g/mol. The molecule has 0 saturated heterocycles. The second-order valence-electron chi connectivity index (χ2n) is 6.27. The van der Waals surface area contributed by atoms with E-state index in [0.29, 0.717) is 4.75 Å². The molecule has 5 saturated carbocycles. The van der Waals surface area contributed by atoms with Crippen LogP contribution < -0.4 is 0 Å². The molecule has 0 aliphatic heterocycles. The van der Waals surface area contributed by atoms with Crippen molar-refractivity contribution in [2.75, 3.05) is 0 Å². The Balaban J connectivity index is 1.58. The Morgan fingerprint density at radius 1 is 0.846 bits per heavy atom. The summed E-state index contributed by atoms with van der Waals surface area (Å²) >= 11 is 5.07. The topological polar surface area (TPSA) is 0 Å². The number of hydrogen-bond donors (Lipinski definition) is 1. The normalized spacial score (nSPS) is 80.5. The van der Waals surface area contributed by atoms with Gasteiger partial charge in [0.15, 0.2) is 0 Å². The zero-order chi connectivity index (χ0) is 8.37. The summed E-state index contributed by atoms with van der Waals surface area (Å²) < 4.78 is 0.592. The van der Waals surface area contributed by atoms with E-state index in [9.17, 15) is 0 Å². The van der Waals surface area contributed by atoms with Crippen LogP contribution in [0, 0.1) is 41.4 Å². The van der Waals surface area contributed by atoms with E-state index in [0.717, 1.165) is 29.6 Å². The summed E-state index contributed by atoms with van der Waals surface area (Å²) in [6, 6.07) is 0. The van der Waals surface area contributed by atoms with Crippen molar-refractivity contribution >= 4 is 12.6 Å². The molecule has 0 amide bonds. The van der Waals surface area contributed by atoms with E-state index in [2.05, 4.69) is 0 Å². The van der Waals surface area contributed by atoms with Crippen LogP contribution >= 0.6 is 12.6 Å². The molecule has 0 spiro atoms. The van der Waals surface area contributed by atoms with Gasteiger partial charge in [-0.3, -0.25) is 0 Å². The molecule has 0 aromatic heterocycles. The van der Waals surface area contributed by atoms with E-state index in [-0.39, 0.29) is 0 Å². The second kappa shape index (κ2) is 1.62. The first-order valence-electron chi connectivity index (χ1n) is 6.06. The van der Waals surface area contributed by atoms with Crippen LogP contribution in [0.3, 0.4) is 0 Å². The van der Waals surface area contributed by atoms with Crippen molar-refractivity contribution in [1.82, 2.24) is 0 Å². The van der Waals surface area contributed by atoms with E-state index in [1.165, 1.54) is 18.3 Å². The van der Waals surface area contributed by atoms with Gasteiger partial charge in [-0.2, -0.15) is 12.6 Å². The maximum Gasteiger partial charge on any atom is 0.0228 e. The lowest BCUT2D eigenvalue weighted by molar-refractivity contribution is -0.338. The smallest absolute Gasteiger partial charge is 0.0228 e.